The van der Waals surface area contributed by atoms with Gasteiger partial charge in [-0.25, -0.2) is 0 Å². The Kier molecular flexibility index (Phi) is 5.55. The highest BCUT2D eigenvalue weighted by molar-refractivity contribution is 6.62. The summed E-state index contributed by atoms with van der Waals surface area (Å²) in [5.41, 5.74) is 1.77. The molecule has 1 aromatic heterocycles. The summed E-state index contributed by atoms with van der Waals surface area (Å²) in [6.07, 6.45) is 0. The summed E-state index contributed by atoms with van der Waals surface area (Å²) < 4.78 is 17.8. The van der Waals surface area contributed by atoms with Crippen molar-refractivity contribution in [3.05, 3.63) is 41.6 Å². The quantitative estimate of drug-likeness (QED) is 0.714. The van der Waals surface area contributed by atoms with E-state index in [1.807, 2.05) is 6.92 Å². The van der Waals surface area contributed by atoms with Gasteiger partial charge in [-0.1, -0.05) is 24.3 Å². The molecule has 2 aromatic rings. The number of piperazine rings is 1. The van der Waals surface area contributed by atoms with Gasteiger partial charge in [0.05, 0.1) is 17.7 Å². The second kappa shape index (κ2) is 7.83. The van der Waals surface area contributed by atoms with Gasteiger partial charge in [0, 0.05) is 39.6 Å². The molecule has 2 aliphatic rings. The van der Waals surface area contributed by atoms with Crippen molar-refractivity contribution in [2.45, 2.75) is 58.9 Å². The molecule has 0 spiro atoms. The maximum atomic E-state index is 6.15. The smallest absolute Gasteiger partial charge is 0.424 e. The predicted octanol–water partition coefficient (Wildman–Crippen LogP) is 2.00. The average molecular weight is 398 g/mol. The fraction of sp³-hybridized carbons (Fsp3) is 0.619. The Hall–Kier alpha value is -1.74. The van der Waals surface area contributed by atoms with Crippen LogP contribution in [-0.2, 0) is 22.4 Å². The topological polar surface area (TPSA) is 63.9 Å². The van der Waals surface area contributed by atoms with Crippen LogP contribution in [0.15, 0.2) is 28.7 Å². The molecule has 0 bridgehead atoms. The van der Waals surface area contributed by atoms with Crippen LogP contribution in [0.3, 0.4) is 0 Å². The van der Waals surface area contributed by atoms with Crippen molar-refractivity contribution in [2.75, 3.05) is 26.2 Å². The van der Waals surface area contributed by atoms with E-state index < -0.39 is 0 Å². The molecule has 0 radical (unpaired) electrons. The number of benzene rings is 1. The molecule has 0 N–H and O–H groups in total. The fourth-order valence-electron chi connectivity index (χ4n) is 3.72. The standard InChI is InChI=1S/C21H31BN4O3/c1-16-23-24-19(27-16)15-26-12-10-25(11-13-26)14-17-6-8-18(9-7-17)22-28-20(2,3)21(4,5)29-22/h6-9H,10-15H2,1-5H3. The molecule has 0 unspecified atom stereocenters. The number of hydrogen-bond acceptors (Lipinski definition) is 7. The number of rotatable bonds is 5. The molecule has 0 atom stereocenters. The fourth-order valence-corrected chi connectivity index (χ4v) is 3.72. The molecule has 1 aromatic carbocycles. The third-order valence-corrected chi connectivity index (χ3v) is 6.30. The van der Waals surface area contributed by atoms with E-state index in [1.54, 1.807) is 0 Å². The van der Waals surface area contributed by atoms with E-state index in [4.69, 9.17) is 13.7 Å². The zero-order chi connectivity index (χ0) is 20.6. The third-order valence-electron chi connectivity index (χ3n) is 6.30. The molecular formula is C21H31BN4O3. The number of aromatic nitrogens is 2. The normalized spacial score (nSPS) is 22.3. The van der Waals surface area contributed by atoms with Gasteiger partial charge in [-0.05, 0) is 38.7 Å². The molecule has 2 aliphatic heterocycles. The molecule has 2 fully saturated rings. The summed E-state index contributed by atoms with van der Waals surface area (Å²) in [6, 6.07) is 8.64. The summed E-state index contributed by atoms with van der Waals surface area (Å²) in [6.45, 7) is 15.9. The molecule has 3 heterocycles. The summed E-state index contributed by atoms with van der Waals surface area (Å²) >= 11 is 0. The summed E-state index contributed by atoms with van der Waals surface area (Å²) in [7, 11) is -0.300. The molecule has 156 valence electrons. The van der Waals surface area contributed by atoms with Crippen LogP contribution in [0.25, 0.3) is 0 Å². The van der Waals surface area contributed by atoms with Crippen molar-refractivity contribution < 1.29 is 13.7 Å². The Morgan fingerprint density at radius 3 is 1.93 bits per heavy atom. The van der Waals surface area contributed by atoms with Crippen LogP contribution >= 0.6 is 0 Å². The molecule has 29 heavy (non-hydrogen) atoms. The van der Waals surface area contributed by atoms with Gasteiger partial charge in [-0.2, -0.15) is 0 Å². The summed E-state index contributed by atoms with van der Waals surface area (Å²) in [5, 5.41) is 8.00. The molecule has 8 heteroatoms. The zero-order valence-corrected chi connectivity index (χ0v) is 18.1. The molecule has 4 rings (SSSR count). The van der Waals surface area contributed by atoms with Gasteiger partial charge in [0.15, 0.2) is 0 Å². The number of hydrogen-bond donors (Lipinski definition) is 0. The summed E-state index contributed by atoms with van der Waals surface area (Å²) in [5.74, 6) is 1.33. The SMILES string of the molecule is Cc1nnc(CN2CCN(Cc3ccc(B4OC(C)(C)C(C)(C)O4)cc3)CC2)o1. The van der Waals surface area contributed by atoms with Gasteiger partial charge in [0.2, 0.25) is 11.8 Å². The predicted molar refractivity (Wildman–Crippen MR) is 112 cm³/mol. The van der Waals surface area contributed by atoms with Gasteiger partial charge in [-0.15, -0.1) is 10.2 Å². The van der Waals surface area contributed by atoms with Crippen LogP contribution in [0, 0.1) is 6.92 Å². The molecule has 0 aliphatic carbocycles. The van der Waals surface area contributed by atoms with E-state index in [-0.39, 0.29) is 18.3 Å². The maximum Gasteiger partial charge on any atom is 0.494 e. The van der Waals surface area contributed by atoms with Crippen molar-refractivity contribution in [3.8, 4) is 0 Å². The van der Waals surface area contributed by atoms with Crippen LogP contribution in [0.5, 0.6) is 0 Å². The first-order valence-electron chi connectivity index (χ1n) is 10.4. The Morgan fingerprint density at radius 2 is 1.41 bits per heavy atom. The Labute approximate surface area is 173 Å². The van der Waals surface area contributed by atoms with Crippen molar-refractivity contribution in [1.82, 2.24) is 20.0 Å². The second-order valence-electron chi connectivity index (χ2n) is 9.10. The first-order chi connectivity index (χ1) is 13.7. The molecule has 7 nitrogen and oxygen atoms in total. The second-order valence-corrected chi connectivity index (χ2v) is 9.10. The monoisotopic (exact) mass is 398 g/mol. The highest BCUT2D eigenvalue weighted by atomic mass is 16.7. The van der Waals surface area contributed by atoms with E-state index >= 15 is 0 Å². The van der Waals surface area contributed by atoms with Gasteiger partial charge < -0.3 is 13.7 Å². The van der Waals surface area contributed by atoms with Gasteiger partial charge in [0.1, 0.15) is 0 Å². The number of nitrogens with zero attached hydrogens (tertiary/aromatic N) is 4. The summed E-state index contributed by atoms with van der Waals surface area (Å²) in [4.78, 5) is 4.85. The van der Waals surface area contributed by atoms with Crippen LogP contribution in [0.2, 0.25) is 0 Å². The van der Waals surface area contributed by atoms with E-state index in [2.05, 4.69) is 72.0 Å². The molecule has 0 amide bonds. The Bertz CT molecular complexity index is 813. The van der Waals surface area contributed by atoms with Crippen LogP contribution in [0.1, 0.15) is 45.0 Å². The Balaban J connectivity index is 1.28. The lowest BCUT2D eigenvalue weighted by atomic mass is 9.79. The van der Waals surface area contributed by atoms with Crippen molar-refractivity contribution in [3.63, 3.8) is 0 Å². The van der Waals surface area contributed by atoms with Crippen LogP contribution in [0.4, 0.5) is 0 Å². The maximum absolute atomic E-state index is 6.15. The highest BCUT2D eigenvalue weighted by Crippen LogP contribution is 2.36. The van der Waals surface area contributed by atoms with Gasteiger partial charge in [0.25, 0.3) is 0 Å². The van der Waals surface area contributed by atoms with E-state index in [0.717, 1.165) is 44.7 Å². The van der Waals surface area contributed by atoms with Crippen LogP contribution < -0.4 is 5.46 Å². The minimum absolute atomic E-state index is 0.300. The number of aryl methyl sites for hydroxylation is 1. The minimum atomic E-state index is -0.310. The average Bonchev–Trinajstić information content (AvgIpc) is 3.16. The lowest BCUT2D eigenvalue weighted by molar-refractivity contribution is 0.00578. The molecule has 0 saturated carbocycles. The lowest BCUT2D eigenvalue weighted by Gasteiger charge is -2.34. The zero-order valence-electron chi connectivity index (χ0n) is 18.1. The third kappa shape index (κ3) is 4.56. The van der Waals surface area contributed by atoms with Crippen molar-refractivity contribution in [1.29, 1.82) is 0 Å². The lowest BCUT2D eigenvalue weighted by Crippen LogP contribution is -2.45. The molecule has 2 saturated heterocycles. The van der Waals surface area contributed by atoms with Crippen molar-refractivity contribution in [2.24, 2.45) is 0 Å². The Morgan fingerprint density at radius 1 is 0.862 bits per heavy atom. The first kappa shape index (κ1) is 20.5. The van der Waals surface area contributed by atoms with E-state index in [0.29, 0.717) is 11.8 Å². The molecular weight excluding hydrogens is 367 g/mol. The highest BCUT2D eigenvalue weighted by Gasteiger charge is 2.51. The van der Waals surface area contributed by atoms with Gasteiger partial charge in [-0.3, -0.25) is 9.80 Å². The van der Waals surface area contributed by atoms with Gasteiger partial charge >= 0.3 is 7.12 Å². The largest absolute Gasteiger partial charge is 0.494 e. The van der Waals surface area contributed by atoms with Crippen molar-refractivity contribution >= 4 is 12.6 Å². The first-order valence-corrected chi connectivity index (χ1v) is 10.4. The van der Waals surface area contributed by atoms with Crippen LogP contribution in [-0.4, -0.2) is 64.5 Å². The van der Waals surface area contributed by atoms with E-state index in [1.165, 1.54) is 5.56 Å². The minimum Gasteiger partial charge on any atom is -0.424 e. The van der Waals surface area contributed by atoms with E-state index in [9.17, 15) is 0 Å².